The zero-order valence-electron chi connectivity index (χ0n) is 13.1. The summed E-state index contributed by atoms with van der Waals surface area (Å²) in [6, 6.07) is 5.49. The van der Waals surface area contributed by atoms with Crippen LogP contribution in [-0.4, -0.2) is 28.9 Å². The number of carbonyl (C=O) groups is 1. The summed E-state index contributed by atoms with van der Waals surface area (Å²) >= 11 is 1.42. The average Bonchev–Trinajstić information content (AvgIpc) is 2.95. The third-order valence-electron chi connectivity index (χ3n) is 4.01. The molecule has 1 saturated heterocycles. The molecule has 1 aliphatic rings. The summed E-state index contributed by atoms with van der Waals surface area (Å²) in [5.41, 5.74) is 1.41. The van der Waals surface area contributed by atoms with Gasteiger partial charge in [0.2, 0.25) is 0 Å². The Balaban J connectivity index is 1.58. The zero-order chi connectivity index (χ0) is 16.2. The second kappa shape index (κ2) is 7.19. The normalized spacial score (nSPS) is 18.8. The Kier molecular flexibility index (Phi) is 5.03. The van der Waals surface area contributed by atoms with E-state index in [9.17, 15) is 9.18 Å². The van der Waals surface area contributed by atoms with Crippen LogP contribution in [0.2, 0.25) is 0 Å². The predicted molar refractivity (Wildman–Crippen MR) is 90.1 cm³/mol. The van der Waals surface area contributed by atoms with Gasteiger partial charge in [-0.15, -0.1) is 11.3 Å². The number of hydrogen-bond donors (Lipinski definition) is 1. The molecule has 6 heteroatoms. The van der Waals surface area contributed by atoms with Crippen molar-refractivity contribution in [1.82, 2.24) is 9.88 Å². The first-order chi connectivity index (χ1) is 11.1. The van der Waals surface area contributed by atoms with Gasteiger partial charge in [-0.25, -0.2) is 9.37 Å². The predicted octanol–water partition coefficient (Wildman–Crippen LogP) is 3.77. The van der Waals surface area contributed by atoms with Crippen LogP contribution in [0.3, 0.4) is 0 Å². The fourth-order valence-electron chi connectivity index (χ4n) is 2.87. The van der Waals surface area contributed by atoms with E-state index in [1.165, 1.54) is 48.4 Å². The van der Waals surface area contributed by atoms with Gasteiger partial charge in [-0.3, -0.25) is 15.0 Å². The Hall–Kier alpha value is -1.79. The number of carbonyl (C=O) groups excluding carboxylic acids is 1. The summed E-state index contributed by atoms with van der Waals surface area (Å²) in [6.07, 6.45) is 2.53. The minimum Gasteiger partial charge on any atom is -0.298 e. The Morgan fingerprint density at radius 1 is 1.43 bits per heavy atom. The Labute approximate surface area is 139 Å². The third kappa shape index (κ3) is 4.36. The molecule has 0 aliphatic carbocycles. The second-order valence-corrected chi connectivity index (χ2v) is 6.95. The van der Waals surface area contributed by atoms with E-state index < -0.39 is 0 Å². The summed E-state index contributed by atoms with van der Waals surface area (Å²) < 4.78 is 12.9. The molecule has 2 aromatic rings. The number of piperidine rings is 1. The minimum atomic E-state index is -0.353. The molecule has 23 heavy (non-hydrogen) atoms. The molecule has 1 aromatic heterocycles. The van der Waals surface area contributed by atoms with Gasteiger partial charge < -0.3 is 0 Å². The Morgan fingerprint density at radius 3 is 2.96 bits per heavy atom. The molecule has 0 radical (unpaired) electrons. The fraction of sp³-hybridized carbons (Fsp3) is 0.412. The first-order valence-electron chi connectivity index (χ1n) is 7.84. The SMILES string of the molecule is CC1CCCN(Cc2csc(NC(=O)c3ccc(F)cc3)n2)C1. The van der Waals surface area contributed by atoms with Crippen LogP contribution in [0, 0.1) is 11.7 Å². The lowest BCUT2D eigenvalue weighted by Gasteiger charge is -2.30. The van der Waals surface area contributed by atoms with Crippen LogP contribution in [0.5, 0.6) is 0 Å². The summed E-state index contributed by atoms with van der Waals surface area (Å²) in [6.45, 7) is 5.32. The highest BCUT2D eigenvalue weighted by atomic mass is 32.1. The molecule has 1 amide bonds. The van der Waals surface area contributed by atoms with Crippen molar-refractivity contribution in [3.63, 3.8) is 0 Å². The summed E-state index contributed by atoms with van der Waals surface area (Å²) in [4.78, 5) is 19.0. The van der Waals surface area contributed by atoms with E-state index in [1.54, 1.807) is 0 Å². The number of benzene rings is 1. The maximum Gasteiger partial charge on any atom is 0.257 e. The Bertz CT molecular complexity index is 671. The lowest BCUT2D eigenvalue weighted by Crippen LogP contribution is -2.33. The van der Waals surface area contributed by atoms with E-state index in [0.29, 0.717) is 10.7 Å². The van der Waals surface area contributed by atoms with Crippen molar-refractivity contribution in [2.75, 3.05) is 18.4 Å². The zero-order valence-corrected chi connectivity index (χ0v) is 13.9. The molecule has 2 heterocycles. The molecular weight excluding hydrogens is 313 g/mol. The molecule has 0 saturated carbocycles. The number of nitrogens with zero attached hydrogens (tertiary/aromatic N) is 2. The topological polar surface area (TPSA) is 45.2 Å². The summed E-state index contributed by atoms with van der Waals surface area (Å²) in [5.74, 6) is 0.117. The van der Waals surface area contributed by atoms with Crippen molar-refractivity contribution in [3.8, 4) is 0 Å². The van der Waals surface area contributed by atoms with Gasteiger partial charge in [0.25, 0.3) is 5.91 Å². The van der Waals surface area contributed by atoms with Crippen molar-refractivity contribution in [1.29, 1.82) is 0 Å². The van der Waals surface area contributed by atoms with Crippen LogP contribution in [0.25, 0.3) is 0 Å². The van der Waals surface area contributed by atoms with Crippen LogP contribution >= 0.6 is 11.3 Å². The van der Waals surface area contributed by atoms with E-state index in [2.05, 4.69) is 22.1 Å². The van der Waals surface area contributed by atoms with Crippen LogP contribution in [0.4, 0.5) is 9.52 Å². The molecule has 4 nitrogen and oxygen atoms in total. The average molecular weight is 333 g/mol. The second-order valence-electron chi connectivity index (χ2n) is 6.09. The minimum absolute atomic E-state index is 0.266. The molecule has 1 aliphatic heterocycles. The summed E-state index contributed by atoms with van der Waals surface area (Å²) in [7, 11) is 0. The quantitative estimate of drug-likeness (QED) is 0.926. The number of likely N-dealkylation sites (tertiary alicyclic amines) is 1. The fourth-order valence-corrected chi connectivity index (χ4v) is 3.56. The molecule has 1 atom stereocenters. The van der Waals surface area contributed by atoms with Gasteiger partial charge in [0, 0.05) is 24.0 Å². The van der Waals surface area contributed by atoms with Gasteiger partial charge in [0.1, 0.15) is 5.82 Å². The number of nitrogens with one attached hydrogen (secondary N) is 1. The largest absolute Gasteiger partial charge is 0.298 e. The van der Waals surface area contributed by atoms with Crippen LogP contribution in [0.1, 0.15) is 35.8 Å². The third-order valence-corrected chi connectivity index (χ3v) is 4.81. The van der Waals surface area contributed by atoms with E-state index in [0.717, 1.165) is 31.2 Å². The van der Waals surface area contributed by atoms with Gasteiger partial charge in [-0.1, -0.05) is 6.92 Å². The highest BCUT2D eigenvalue weighted by Gasteiger charge is 2.17. The molecule has 1 unspecified atom stereocenters. The monoisotopic (exact) mass is 333 g/mol. The van der Waals surface area contributed by atoms with E-state index >= 15 is 0 Å². The number of aromatic nitrogens is 1. The highest BCUT2D eigenvalue weighted by molar-refractivity contribution is 7.13. The molecule has 1 fully saturated rings. The molecule has 1 aromatic carbocycles. The van der Waals surface area contributed by atoms with Crippen LogP contribution in [-0.2, 0) is 6.54 Å². The lowest BCUT2D eigenvalue weighted by atomic mass is 10.0. The maximum atomic E-state index is 12.9. The molecule has 3 rings (SSSR count). The first-order valence-corrected chi connectivity index (χ1v) is 8.72. The van der Waals surface area contributed by atoms with Gasteiger partial charge in [0.05, 0.1) is 5.69 Å². The number of halogens is 1. The van der Waals surface area contributed by atoms with Crippen molar-refractivity contribution < 1.29 is 9.18 Å². The lowest BCUT2D eigenvalue weighted by molar-refractivity contribution is 0.102. The van der Waals surface area contributed by atoms with E-state index in [-0.39, 0.29) is 11.7 Å². The number of rotatable bonds is 4. The van der Waals surface area contributed by atoms with Crippen molar-refractivity contribution >= 4 is 22.4 Å². The van der Waals surface area contributed by atoms with Crippen LogP contribution < -0.4 is 5.32 Å². The molecule has 0 bridgehead atoms. The van der Waals surface area contributed by atoms with Crippen molar-refractivity contribution in [2.45, 2.75) is 26.3 Å². The molecule has 1 N–H and O–H groups in total. The number of hydrogen-bond acceptors (Lipinski definition) is 4. The maximum absolute atomic E-state index is 12.9. The standard InChI is InChI=1S/C17H20FN3OS/c1-12-3-2-8-21(9-12)10-15-11-23-17(19-15)20-16(22)13-4-6-14(18)7-5-13/h4-7,11-12H,2-3,8-10H2,1H3,(H,19,20,22). The summed E-state index contributed by atoms with van der Waals surface area (Å²) in [5, 5.41) is 5.34. The highest BCUT2D eigenvalue weighted by Crippen LogP contribution is 2.21. The number of anilines is 1. The van der Waals surface area contributed by atoms with E-state index in [4.69, 9.17) is 0 Å². The van der Waals surface area contributed by atoms with Gasteiger partial charge >= 0.3 is 0 Å². The van der Waals surface area contributed by atoms with Crippen molar-refractivity contribution in [3.05, 3.63) is 46.7 Å². The smallest absolute Gasteiger partial charge is 0.257 e. The van der Waals surface area contributed by atoms with Gasteiger partial charge in [0.15, 0.2) is 5.13 Å². The van der Waals surface area contributed by atoms with Gasteiger partial charge in [-0.2, -0.15) is 0 Å². The molecular formula is C17H20FN3OS. The number of thiazole rings is 1. The van der Waals surface area contributed by atoms with Crippen LogP contribution in [0.15, 0.2) is 29.6 Å². The van der Waals surface area contributed by atoms with Crippen molar-refractivity contribution in [2.24, 2.45) is 5.92 Å². The number of amides is 1. The Morgan fingerprint density at radius 2 is 2.22 bits per heavy atom. The van der Waals surface area contributed by atoms with E-state index in [1.807, 2.05) is 5.38 Å². The van der Waals surface area contributed by atoms with Gasteiger partial charge in [-0.05, 0) is 49.6 Å². The first kappa shape index (κ1) is 16.1. The molecule has 122 valence electrons. The molecule has 0 spiro atoms.